The van der Waals surface area contributed by atoms with Gasteiger partial charge < -0.3 is 10.2 Å². The lowest BCUT2D eigenvalue weighted by Crippen LogP contribution is -2.37. The molecule has 15 heavy (non-hydrogen) atoms. The van der Waals surface area contributed by atoms with Crippen molar-refractivity contribution in [2.75, 3.05) is 0 Å². The average molecular weight is 210 g/mol. The molecule has 0 saturated heterocycles. The zero-order chi connectivity index (χ0) is 11.9. The Hall–Kier alpha value is -1.25. The van der Waals surface area contributed by atoms with Crippen molar-refractivity contribution in [3.63, 3.8) is 0 Å². The van der Waals surface area contributed by atoms with E-state index in [1.165, 1.54) is 12.2 Å². The zero-order valence-corrected chi connectivity index (χ0v) is 9.66. The highest BCUT2D eigenvalue weighted by atomic mass is 16.4. The van der Waals surface area contributed by atoms with E-state index >= 15 is 0 Å². The van der Waals surface area contributed by atoms with Crippen LogP contribution in [0.25, 0.3) is 0 Å². The van der Waals surface area contributed by atoms with Crippen molar-refractivity contribution >= 4 is 5.97 Å². The van der Waals surface area contributed by atoms with Crippen LogP contribution in [0.15, 0.2) is 23.5 Å². The Morgan fingerprint density at radius 3 is 2.33 bits per heavy atom. The van der Waals surface area contributed by atoms with E-state index in [4.69, 9.17) is 5.11 Å². The van der Waals surface area contributed by atoms with Crippen molar-refractivity contribution in [2.24, 2.45) is 10.8 Å². The molecular weight excluding hydrogens is 192 g/mol. The molecule has 0 amide bonds. The Morgan fingerprint density at radius 2 is 1.93 bits per heavy atom. The number of rotatable bonds is 1. The SMILES string of the molecule is CC(C)(C)C1(C)CC(C(=O)O)=CC=C1O. The predicted molar refractivity (Wildman–Crippen MR) is 58.6 cm³/mol. The maximum Gasteiger partial charge on any atom is 0.331 e. The fraction of sp³-hybridized carbons (Fsp3) is 0.583. The first-order chi connectivity index (χ1) is 6.68. The second kappa shape index (κ2) is 3.40. The third kappa shape index (κ3) is 1.91. The first-order valence-corrected chi connectivity index (χ1v) is 5.02. The summed E-state index contributed by atoms with van der Waals surface area (Å²) < 4.78 is 0. The van der Waals surface area contributed by atoms with Crippen LogP contribution in [0.3, 0.4) is 0 Å². The fourth-order valence-corrected chi connectivity index (χ4v) is 1.69. The van der Waals surface area contributed by atoms with Gasteiger partial charge in [-0.05, 0) is 24.0 Å². The highest BCUT2D eigenvalue weighted by Crippen LogP contribution is 2.49. The summed E-state index contributed by atoms with van der Waals surface area (Å²) in [6.45, 7) is 7.90. The molecule has 0 bridgehead atoms. The molecule has 0 aromatic rings. The molecule has 0 fully saturated rings. The maximum absolute atomic E-state index is 10.9. The second-order valence-electron chi connectivity index (χ2n) is 5.31. The van der Waals surface area contributed by atoms with Crippen molar-refractivity contribution in [1.82, 2.24) is 0 Å². The van der Waals surface area contributed by atoms with Gasteiger partial charge in [0.2, 0.25) is 0 Å². The normalized spacial score (nSPS) is 26.9. The number of hydrogen-bond acceptors (Lipinski definition) is 2. The topological polar surface area (TPSA) is 57.5 Å². The van der Waals surface area contributed by atoms with Crippen LogP contribution in [-0.4, -0.2) is 16.2 Å². The standard InChI is InChI=1S/C12H18O3/c1-11(2,3)12(4)7-8(10(14)15)5-6-9(12)13/h5-6,13H,7H2,1-4H3,(H,14,15). The van der Waals surface area contributed by atoms with Crippen LogP contribution in [0, 0.1) is 10.8 Å². The number of carbonyl (C=O) groups is 1. The van der Waals surface area contributed by atoms with Gasteiger partial charge in [0.25, 0.3) is 0 Å². The van der Waals surface area contributed by atoms with E-state index in [0.717, 1.165) is 0 Å². The van der Waals surface area contributed by atoms with Crippen LogP contribution in [0.5, 0.6) is 0 Å². The van der Waals surface area contributed by atoms with Crippen molar-refractivity contribution in [1.29, 1.82) is 0 Å². The number of allylic oxidation sites excluding steroid dienone is 3. The van der Waals surface area contributed by atoms with E-state index in [1.807, 2.05) is 27.7 Å². The average Bonchev–Trinajstić information content (AvgIpc) is 2.07. The van der Waals surface area contributed by atoms with Gasteiger partial charge in [0.15, 0.2) is 0 Å². The Balaban J connectivity index is 3.13. The quantitative estimate of drug-likeness (QED) is 0.699. The van der Waals surface area contributed by atoms with Crippen molar-refractivity contribution in [3.05, 3.63) is 23.5 Å². The molecule has 0 heterocycles. The van der Waals surface area contributed by atoms with Gasteiger partial charge in [0.05, 0.1) is 5.76 Å². The molecule has 3 nitrogen and oxygen atoms in total. The summed E-state index contributed by atoms with van der Waals surface area (Å²) in [6, 6.07) is 0. The third-order valence-corrected chi connectivity index (χ3v) is 3.48. The first-order valence-electron chi connectivity index (χ1n) is 5.02. The van der Waals surface area contributed by atoms with Gasteiger partial charge in [0, 0.05) is 11.0 Å². The van der Waals surface area contributed by atoms with E-state index in [9.17, 15) is 9.90 Å². The van der Waals surface area contributed by atoms with Gasteiger partial charge in [0.1, 0.15) is 0 Å². The van der Waals surface area contributed by atoms with Crippen molar-refractivity contribution < 1.29 is 15.0 Å². The van der Waals surface area contributed by atoms with E-state index in [0.29, 0.717) is 12.0 Å². The molecular formula is C12H18O3. The van der Waals surface area contributed by atoms with E-state index in [1.54, 1.807) is 0 Å². The molecule has 1 aliphatic rings. The van der Waals surface area contributed by atoms with E-state index < -0.39 is 11.4 Å². The van der Waals surface area contributed by atoms with E-state index in [2.05, 4.69) is 0 Å². The Bertz CT molecular complexity index is 344. The van der Waals surface area contributed by atoms with Gasteiger partial charge in [-0.2, -0.15) is 0 Å². The number of carboxylic acids is 1. The minimum Gasteiger partial charge on any atom is -0.512 e. The lowest BCUT2D eigenvalue weighted by Gasteiger charge is -2.43. The molecule has 3 heteroatoms. The summed E-state index contributed by atoms with van der Waals surface area (Å²) in [7, 11) is 0. The summed E-state index contributed by atoms with van der Waals surface area (Å²) in [6.07, 6.45) is 3.34. The third-order valence-electron chi connectivity index (χ3n) is 3.48. The summed E-state index contributed by atoms with van der Waals surface area (Å²) in [5.74, 6) is -0.644. The van der Waals surface area contributed by atoms with Crippen LogP contribution in [-0.2, 0) is 4.79 Å². The number of aliphatic carboxylic acids is 1. The molecule has 0 aliphatic heterocycles. The Labute approximate surface area is 90.1 Å². The molecule has 0 radical (unpaired) electrons. The van der Waals surface area contributed by atoms with Crippen LogP contribution in [0.2, 0.25) is 0 Å². The van der Waals surface area contributed by atoms with Gasteiger partial charge >= 0.3 is 5.97 Å². The number of hydrogen-bond donors (Lipinski definition) is 2. The number of aliphatic hydroxyl groups is 1. The molecule has 2 N–H and O–H groups in total. The second-order valence-corrected chi connectivity index (χ2v) is 5.31. The highest BCUT2D eigenvalue weighted by Gasteiger charge is 2.43. The number of aliphatic hydroxyl groups excluding tert-OH is 1. The molecule has 0 spiro atoms. The molecule has 0 saturated carbocycles. The number of carboxylic acid groups (broad SMARTS) is 1. The van der Waals surface area contributed by atoms with Gasteiger partial charge in [-0.25, -0.2) is 4.79 Å². The Kier molecular flexibility index (Phi) is 2.68. The molecule has 0 aromatic heterocycles. The smallest absolute Gasteiger partial charge is 0.331 e. The maximum atomic E-state index is 10.9. The van der Waals surface area contributed by atoms with Gasteiger partial charge in [-0.1, -0.05) is 27.7 Å². The zero-order valence-electron chi connectivity index (χ0n) is 9.66. The highest BCUT2D eigenvalue weighted by molar-refractivity contribution is 5.87. The fourth-order valence-electron chi connectivity index (χ4n) is 1.69. The van der Waals surface area contributed by atoms with Gasteiger partial charge in [-0.3, -0.25) is 0 Å². The molecule has 1 aliphatic carbocycles. The summed E-state index contributed by atoms with van der Waals surface area (Å²) in [5, 5.41) is 18.8. The molecule has 1 rings (SSSR count). The molecule has 84 valence electrons. The molecule has 1 atom stereocenters. The lowest BCUT2D eigenvalue weighted by atomic mass is 9.62. The van der Waals surface area contributed by atoms with E-state index in [-0.39, 0.29) is 11.2 Å². The van der Waals surface area contributed by atoms with Crippen LogP contribution >= 0.6 is 0 Å². The van der Waals surface area contributed by atoms with Crippen LogP contribution in [0.4, 0.5) is 0 Å². The first kappa shape index (κ1) is 11.8. The molecule has 0 aromatic carbocycles. The summed E-state index contributed by atoms with van der Waals surface area (Å²) in [5.41, 5.74) is -0.330. The minimum atomic E-state index is -0.908. The summed E-state index contributed by atoms with van der Waals surface area (Å²) >= 11 is 0. The lowest BCUT2D eigenvalue weighted by molar-refractivity contribution is -0.133. The van der Waals surface area contributed by atoms with Crippen molar-refractivity contribution in [2.45, 2.75) is 34.1 Å². The van der Waals surface area contributed by atoms with Crippen LogP contribution in [0.1, 0.15) is 34.1 Å². The van der Waals surface area contributed by atoms with Crippen LogP contribution < -0.4 is 0 Å². The summed E-state index contributed by atoms with van der Waals surface area (Å²) in [4.78, 5) is 10.9. The largest absolute Gasteiger partial charge is 0.512 e. The minimum absolute atomic E-state index is 0.178. The Morgan fingerprint density at radius 1 is 1.40 bits per heavy atom. The van der Waals surface area contributed by atoms with Gasteiger partial charge in [-0.15, -0.1) is 0 Å². The molecule has 1 unspecified atom stereocenters. The van der Waals surface area contributed by atoms with Crippen molar-refractivity contribution in [3.8, 4) is 0 Å². The monoisotopic (exact) mass is 210 g/mol. The predicted octanol–water partition coefficient (Wildman–Crippen LogP) is 2.90.